The predicted octanol–water partition coefficient (Wildman–Crippen LogP) is 0.892. The minimum atomic E-state index is -0.793. The molecule has 0 amide bonds. The Balaban J connectivity index is 2.53. The summed E-state index contributed by atoms with van der Waals surface area (Å²) in [6, 6.07) is 0. The molecule has 1 N–H and O–H groups in total. The van der Waals surface area contributed by atoms with Crippen LogP contribution in [0.15, 0.2) is 12.5 Å². The number of nitrogens with zero attached hydrogens (tertiary/aromatic N) is 2. The van der Waals surface area contributed by atoms with Gasteiger partial charge in [-0.3, -0.25) is 4.79 Å². The third-order valence-corrected chi connectivity index (χ3v) is 1.78. The number of hydrogen-bond acceptors (Lipinski definition) is 4. The second-order valence-corrected chi connectivity index (χ2v) is 2.79. The van der Waals surface area contributed by atoms with E-state index in [1.165, 1.54) is 6.33 Å². The Morgan fingerprint density at radius 3 is 3.07 bits per heavy atom. The molecule has 1 rings (SSSR count). The molecule has 76 valence electrons. The molecule has 0 saturated heterocycles. The first kappa shape index (κ1) is 10.4. The predicted molar refractivity (Wildman–Crippen MR) is 49.2 cm³/mol. The number of aliphatic carboxylic acids is 1. The summed E-state index contributed by atoms with van der Waals surface area (Å²) in [5, 5.41) is 8.45. The van der Waals surface area contributed by atoms with E-state index < -0.39 is 5.97 Å². The highest BCUT2D eigenvalue weighted by Gasteiger charge is 2.04. The lowest BCUT2D eigenvalue weighted by Crippen LogP contribution is -2.00. The maximum Gasteiger partial charge on any atom is 0.303 e. The van der Waals surface area contributed by atoms with Gasteiger partial charge < -0.3 is 9.84 Å². The molecule has 5 heteroatoms. The summed E-state index contributed by atoms with van der Waals surface area (Å²) in [6.45, 7) is 0. The van der Waals surface area contributed by atoms with Gasteiger partial charge in [0.15, 0.2) is 5.75 Å². The highest BCUT2D eigenvalue weighted by molar-refractivity contribution is 5.66. The summed E-state index contributed by atoms with van der Waals surface area (Å²) in [5.74, 6) is -0.184. The van der Waals surface area contributed by atoms with Gasteiger partial charge in [0.25, 0.3) is 0 Å². The molecular weight excluding hydrogens is 184 g/mol. The lowest BCUT2D eigenvalue weighted by atomic mass is 10.2. The Morgan fingerprint density at radius 1 is 1.64 bits per heavy atom. The maximum absolute atomic E-state index is 10.3. The lowest BCUT2D eigenvalue weighted by Gasteiger charge is -2.04. The van der Waals surface area contributed by atoms with Crippen molar-refractivity contribution in [2.45, 2.75) is 19.3 Å². The second-order valence-electron chi connectivity index (χ2n) is 2.79. The minimum absolute atomic E-state index is 0.146. The van der Waals surface area contributed by atoms with Crippen LogP contribution in [-0.4, -0.2) is 28.2 Å². The molecule has 1 heterocycles. The highest BCUT2D eigenvalue weighted by atomic mass is 16.5. The topological polar surface area (TPSA) is 72.3 Å². The Kier molecular flexibility index (Phi) is 3.84. The fourth-order valence-corrected chi connectivity index (χ4v) is 1.11. The number of carboxylic acid groups (broad SMARTS) is 1. The molecule has 0 aliphatic rings. The van der Waals surface area contributed by atoms with Gasteiger partial charge in [0, 0.05) is 6.42 Å². The number of aromatic nitrogens is 2. The Hall–Kier alpha value is -1.65. The molecule has 0 aliphatic carbocycles. The molecule has 14 heavy (non-hydrogen) atoms. The van der Waals surface area contributed by atoms with Crippen LogP contribution in [0.4, 0.5) is 0 Å². The van der Waals surface area contributed by atoms with Crippen molar-refractivity contribution in [3.8, 4) is 5.75 Å². The van der Waals surface area contributed by atoms with Crippen molar-refractivity contribution in [2.75, 3.05) is 7.11 Å². The van der Waals surface area contributed by atoms with E-state index >= 15 is 0 Å². The van der Waals surface area contributed by atoms with Crippen LogP contribution >= 0.6 is 0 Å². The van der Waals surface area contributed by atoms with Gasteiger partial charge in [-0.2, -0.15) is 0 Å². The van der Waals surface area contributed by atoms with Crippen molar-refractivity contribution in [3.05, 3.63) is 18.2 Å². The average Bonchev–Trinajstić information content (AvgIpc) is 2.18. The van der Waals surface area contributed by atoms with E-state index in [1.54, 1.807) is 13.3 Å². The van der Waals surface area contributed by atoms with Crippen LogP contribution in [0.1, 0.15) is 18.5 Å². The molecule has 0 atom stereocenters. The SMILES string of the molecule is COc1cncnc1CCCC(=O)O. The standard InChI is InChI=1S/C9H12N2O3/c1-14-8-5-10-6-11-7(8)3-2-4-9(12)13/h5-6H,2-4H2,1H3,(H,12,13). The number of ether oxygens (including phenoxy) is 1. The molecule has 0 spiro atoms. The van der Waals surface area contributed by atoms with Crippen LogP contribution in [0.3, 0.4) is 0 Å². The van der Waals surface area contributed by atoms with E-state index in [9.17, 15) is 4.79 Å². The quantitative estimate of drug-likeness (QED) is 0.757. The van der Waals surface area contributed by atoms with Gasteiger partial charge in [-0.1, -0.05) is 0 Å². The average molecular weight is 196 g/mol. The fourth-order valence-electron chi connectivity index (χ4n) is 1.11. The van der Waals surface area contributed by atoms with E-state index in [2.05, 4.69) is 9.97 Å². The normalized spacial score (nSPS) is 9.79. The van der Waals surface area contributed by atoms with Gasteiger partial charge in [-0.25, -0.2) is 9.97 Å². The maximum atomic E-state index is 10.3. The third-order valence-electron chi connectivity index (χ3n) is 1.78. The van der Waals surface area contributed by atoms with Crippen LogP contribution < -0.4 is 4.74 Å². The van der Waals surface area contributed by atoms with Gasteiger partial charge in [-0.05, 0) is 12.8 Å². The highest BCUT2D eigenvalue weighted by Crippen LogP contribution is 2.15. The zero-order valence-electron chi connectivity index (χ0n) is 7.93. The first-order chi connectivity index (χ1) is 6.74. The smallest absolute Gasteiger partial charge is 0.303 e. The molecule has 0 bridgehead atoms. The fraction of sp³-hybridized carbons (Fsp3) is 0.444. The summed E-state index contributed by atoms with van der Waals surface area (Å²) in [5.41, 5.74) is 0.753. The van der Waals surface area contributed by atoms with E-state index in [-0.39, 0.29) is 6.42 Å². The molecule has 0 unspecified atom stereocenters. The zero-order chi connectivity index (χ0) is 10.4. The summed E-state index contributed by atoms with van der Waals surface area (Å²) < 4.78 is 5.03. The second kappa shape index (κ2) is 5.16. The largest absolute Gasteiger partial charge is 0.493 e. The molecule has 0 saturated carbocycles. The van der Waals surface area contributed by atoms with Crippen LogP contribution in [-0.2, 0) is 11.2 Å². The number of rotatable bonds is 5. The summed E-state index contributed by atoms with van der Waals surface area (Å²) in [7, 11) is 1.54. The molecule has 5 nitrogen and oxygen atoms in total. The first-order valence-corrected chi connectivity index (χ1v) is 4.28. The molecule has 0 radical (unpaired) electrons. The van der Waals surface area contributed by atoms with E-state index in [1.807, 2.05) is 0 Å². The lowest BCUT2D eigenvalue weighted by molar-refractivity contribution is -0.137. The minimum Gasteiger partial charge on any atom is -0.493 e. The number of aryl methyl sites for hydroxylation is 1. The summed E-state index contributed by atoms with van der Waals surface area (Å²) in [6.07, 6.45) is 4.30. The van der Waals surface area contributed by atoms with E-state index in [0.717, 1.165) is 5.69 Å². The van der Waals surface area contributed by atoms with Crippen LogP contribution in [0.5, 0.6) is 5.75 Å². The van der Waals surface area contributed by atoms with Crippen molar-refractivity contribution in [1.82, 2.24) is 9.97 Å². The van der Waals surface area contributed by atoms with Gasteiger partial charge in [-0.15, -0.1) is 0 Å². The number of carboxylic acids is 1. The Morgan fingerprint density at radius 2 is 2.43 bits per heavy atom. The van der Waals surface area contributed by atoms with Crippen molar-refractivity contribution in [1.29, 1.82) is 0 Å². The van der Waals surface area contributed by atoms with Crippen molar-refractivity contribution in [2.24, 2.45) is 0 Å². The summed E-state index contributed by atoms with van der Waals surface area (Å²) >= 11 is 0. The molecule has 0 aromatic carbocycles. The van der Waals surface area contributed by atoms with Crippen LogP contribution in [0.2, 0.25) is 0 Å². The van der Waals surface area contributed by atoms with Gasteiger partial charge >= 0.3 is 5.97 Å². The number of hydrogen-bond donors (Lipinski definition) is 1. The number of carbonyl (C=O) groups is 1. The van der Waals surface area contributed by atoms with Gasteiger partial charge in [0.05, 0.1) is 19.0 Å². The van der Waals surface area contributed by atoms with Crippen molar-refractivity contribution in [3.63, 3.8) is 0 Å². The molecule has 1 aromatic heterocycles. The van der Waals surface area contributed by atoms with Crippen molar-refractivity contribution >= 4 is 5.97 Å². The molecule has 0 fully saturated rings. The zero-order valence-corrected chi connectivity index (χ0v) is 7.93. The van der Waals surface area contributed by atoms with E-state index in [0.29, 0.717) is 18.6 Å². The monoisotopic (exact) mass is 196 g/mol. The van der Waals surface area contributed by atoms with Crippen molar-refractivity contribution < 1.29 is 14.6 Å². The van der Waals surface area contributed by atoms with Crippen LogP contribution in [0.25, 0.3) is 0 Å². The molecular formula is C9H12N2O3. The Labute approximate surface area is 81.8 Å². The molecule has 0 aliphatic heterocycles. The summed E-state index contributed by atoms with van der Waals surface area (Å²) in [4.78, 5) is 18.1. The Bertz CT molecular complexity index is 315. The van der Waals surface area contributed by atoms with Crippen LogP contribution in [0, 0.1) is 0 Å². The van der Waals surface area contributed by atoms with E-state index in [4.69, 9.17) is 9.84 Å². The first-order valence-electron chi connectivity index (χ1n) is 4.28. The third kappa shape index (κ3) is 3.01. The van der Waals surface area contributed by atoms with Gasteiger partial charge in [0.1, 0.15) is 6.33 Å². The van der Waals surface area contributed by atoms with Gasteiger partial charge in [0.2, 0.25) is 0 Å². The number of methoxy groups -OCH3 is 1. The molecule has 1 aromatic rings.